The second-order valence-electron chi connectivity index (χ2n) is 4.18. The highest BCUT2D eigenvalue weighted by atomic mass is 15.3. The first-order valence-corrected chi connectivity index (χ1v) is 5.55. The van der Waals surface area contributed by atoms with Crippen molar-refractivity contribution in [3.05, 3.63) is 36.0 Å². The summed E-state index contributed by atoms with van der Waals surface area (Å²) in [7, 11) is 3.82. The van der Waals surface area contributed by atoms with Crippen LogP contribution in [0.2, 0.25) is 0 Å². The Bertz CT molecular complexity index is 772. The SMILES string of the molecule is Cn1ccc(-c2nc3cc(C#N)ccc3n2C)n1. The second-order valence-corrected chi connectivity index (χ2v) is 4.18. The fourth-order valence-electron chi connectivity index (χ4n) is 2.03. The minimum absolute atomic E-state index is 0.619. The molecule has 0 radical (unpaired) electrons. The van der Waals surface area contributed by atoms with Crippen molar-refractivity contribution in [2.75, 3.05) is 0 Å². The van der Waals surface area contributed by atoms with Gasteiger partial charge in [-0.2, -0.15) is 10.4 Å². The van der Waals surface area contributed by atoms with E-state index < -0.39 is 0 Å². The molecule has 0 aliphatic carbocycles. The van der Waals surface area contributed by atoms with Crippen molar-refractivity contribution < 1.29 is 0 Å². The predicted octanol–water partition coefficient (Wildman–Crippen LogP) is 1.85. The third-order valence-corrected chi connectivity index (χ3v) is 2.95. The van der Waals surface area contributed by atoms with Gasteiger partial charge in [-0.05, 0) is 24.3 Å². The first kappa shape index (κ1) is 10.5. The maximum atomic E-state index is 8.89. The number of imidazole rings is 1. The minimum atomic E-state index is 0.619. The second kappa shape index (κ2) is 3.70. The molecule has 18 heavy (non-hydrogen) atoms. The van der Waals surface area contributed by atoms with Gasteiger partial charge in [0.25, 0.3) is 0 Å². The summed E-state index contributed by atoms with van der Waals surface area (Å²) < 4.78 is 3.73. The Morgan fingerprint density at radius 3 is 2.72 bits per heavy atom. The highest BCUT2D eigenvalue weighted by Gasteiger charge is 2.12. The van der Waals surface area contributed by atoms with Gasteiger partial charge in [-0.3, -0.25) is 4.68 Å². The first-order valence-electron chi connectivity index (χ1n) is 5.55. The molecule has 88 valence electrons. The smallest absolute Gasteiger partial charge is 0.161 e. The number of rotatable bonds is 1. The molecule has 3 rings (SSSR count). The van der Waals surface area contributed by atoms with Gasteiger partial charge < -0.3 is 4.57 Å². The van der Waals surface area contributed by atoms with Crippen molar-refractivity contribution in [1.82, 2.24) is 19.3 Å². The highest BCUT2D eigenvalue weighted by molar-refractivity contribution is 5.81. The van der Waals surface area contributed by atoms with Crippen LogP contribution in [0.1, 0.15) is 5.56 Å². The van der Waals surface area contributed by atoms with E-state index in [4.69, 9.17) is 5.26 Å². The van der Waals surface area contributed by atoms with Crippen LogP contribution in [0, 0.1) is 11.3 Å². The number of nitriles is 1. The van der Waals surface area contributed by atoms with Crippen molar-refractivity contribution in [2.45, 2.75) is 0 Å². The van der Waals surface area contributed by atoms with E-state index in [1.165, 1.54) is 0 Å². The summed E-state index contributed by atoms with van der Waals surface area (Å²) in [5.74, 6) is 0.806. The molecule has 0 fully saturated rings. The van der Waals surface area contributed by atoms with E-state index in [0.717, 1.165) is 22.6 Å². The lowest BCUT2D eigenvalue weighted by molar-refractivity contribution is 0.766. The van der Waals surface area contributed by atoms with Gasteiger partial charge in [0.05, 0.1) is 22.7 Å². The Kier molecular flexibility index (Phi) is 2.17. The van der Waals surface area contributed by atoms with E-state index in [1.807, 2.05) is 37.0 Å². The number of benzene rings is 1. The summed E-state index contributed by atoms with van der Waals surface area (Å²) in [6, 6.07) is 9.55. The van der Waals surface area contributed by atoms with E-state index in [0.29, 0.717) is 5.56 Å². The zero-order chi connectivity index (χ0) is 12.7. The predicted molar refractivity (Wildman–Crippen MR) is 67.6 cm³/mol. The fourth-order valence-corrected chi connectivity index (χ4v) is 2.03. The molecule has 0 unspecified atom stereocenters. The molecular formula is C13H11N5. The van der Waals surface area contributed by atoms with Gasteiger partial charge in [0, 0.05) is 20.3 Å². The van der Waals surface area contributed by atoms with E-state index in [2.05, 4.69) is 16.2 Å². The number of hydrogen-bond acceptors (Lipinski definition) is 3. The average Bonchev–Trinajstić information content (AvgIpc) is 2.93. The topological polar surface area (TPSA) is 59.4 Å². The lowest BCUT2D eigenvalue weighted by Gasteiger charge is -1.98. The molecule has 0 amide bonds. The van der Waals surface area contributed by atoms with E-state index in [-0.39, 0.29) is 0 Å². The molecule has 0 saturated carbocycles. The Morgan fingerprint density at radius 2 is 2.06 bits per heavy atom. The van der Waals surface area contributed by atoms with Gasteiger partial charge in [0.15, 0.2) is 5.82 Å². The lowest BCUT2D eigenvalue weighted by Crippen LogP contribution is -1.94. The van der Waals surface area contributed by atoms with Crippen LogP contribution in [0.25, 0.3) is 22.6 Å². The Balaban J connectivity index is 2.26. The van der Waals surface area contributed by atoms with Crippen molar-refractivity contribution in [2.24, 2.45) is 14.1 Å². The van der Waals surface area contributed by atoms with E-state index >= 15 is 0 Å². The molecule has 2 aromatic heterocycles. The van der Waals surface area contributed by atoms with Crippen LogP contribution in [0.4, 0.5) is 0 Å². The molecule has 1 aromatic carbocycles. The van der Waals surface area contributed by atoms with Gasteiger partial charge in [-0.1, -0.05) is 0 Å². The standard InChI is InChI=1S/C13H11N5/c1-17-6-5-10(16-17)13-15-11-7-9(8-14)3-4-12(11)18(13)2/h3-7H,1-2H3. The maximum absolute atomic E-state index is 8.89. The summed E-state index contributed by atoms with van der Waals surface area (Å²) in [6.45, 7) is 0. The molecule has 0 N–H and O–H groups in total. The van der Waals surface area contributed by atoms with Crippen LogP contribution < -0.4 is 0 Å². The zero-order valence-electron chi connectivity index (χ0n) is 10.1. The molecule has 0 saturated heterocycles. The fraction of sp³-hybridized carbons (Fsp3) is 0.154. The van der Waals surface area contributed by atoms with E-state index in [9.17, 15) is 0 Å². The van der Waals surface area contributed by atoms with Crippen LogP contribution in [0.5, 0.6) is 0 Å². The monoisotopic (exact) mass is 237 g/mol. The van der Waals surface area contributed by atoms with Gasteiger partial charge in [-0.25, -0.2) is 4.98 Å². The third kappa shape index (κ3) is 1.47. The highest BCUT2D eigenvalue weighted by Crippen LogP contribution is 2.22. The van der Waals surface area contributed by atoms with Crippen molar-refractivity contribution in [3.63, 3.8) is 0 Å². The van der Waals surface area contributed by atoms with Crippen LogP contribution >= 0.6 is 0 Å². The number of nitrogens with zero attached hydrogens (tertiary/aromatic N) is 5. The van der Waals surface area contributed by atoms with Crippen molar-refractivity contribution >= 4 is 11.0 Å². The summed E-state index contributed by atoms with van der Waals surface area (Å²) in [4.78, 5) is 4.54. The van der Waals surface area contributed by atoms with Gasteiger partial charge >= 0.3 is 0 Å². The molecular weight excluding hydrogens is 226 g/mol. The Morgan fingerprint density at radius 1 is 1.22 bits per heavy atom. The summed E-state index contributed by atoms with van der Waals surface area (Å²) in [6.07, 6.45) is 1.88. The largest absolute Gasteiger partial charge is 0.326 e. The summed E-state index contributed by atoms with van der Waals surface area (Å²) in [5.41, 5.74) is 3.26. The summed E-state index contributed by atoms with van der Waals surface area (Å²) in [5, 5.41) is 13.2. The van der Waals surface area contributed by atoms with Crippen LogP contribution in [0.15, 0.2) is 30.5 Å². The zero-order valence-corrected chi connectivity index (χ0v) is 10.1. The molecule has 5 nitrogen and oxygen atoms in total. The number of aromatic nitrogens is 4. The third-order valence-electron chi connectivity index (χ3n) is 2.95. The molecule has 0 atom stereocenters. The summed E-state index contributed by atoms with van der Waals surface area (Å²) >= 11 is 0. The molecule has 3 aromatic rings. The number of fused-ring (bicyclic) bond motifs is 1. The molecule has 2 heterocycles. The Hall–Kier alpha value is -2.61. The Labute approximate surface area is 104 Å². The average molecular weight is 237 g/mol. The van der Waals surface area contributed by atoms with Crippen LogP contribution in [-0.2, 0) is 14.1 Å². The molecule has 0 aliphatic heterocycles. The minimum Gasteiger partial charge on any atom is -0.326 e. The van der Waals surface area contributed by atoms with Gasteiger partial charge in [-0.15, -0.1) is 0 Å². The van der Waals surface area contributed by atoms with Crippen molar-refractivity contribution in [1.29, 1.82) is 5.26 Å². The van der Waals surface area contributed by atoms with Crippen LogP contribution in [-0.4, -0.2) is 19.3 Å². The number of aryl methyl sites for hydroxylation is 2. The molecule has 0 aliphatic rings. The van der Waals surface area contributed by atoms with Gasteiger partial charge in [0.1, 0.15) is 5.69 Å². The number of hydrogen-bond donors (Lipinski definition) is 0. The van der Waals surface area contributed by atoms with E-state index in [1.54, 1.807) is 16.8 Å². The first-order chi connectivity index (χ1) is 8.69. The lowest BCUT2D eigenvalue weighted by atomic mass is 10.2. The molecule has 0 spiro atoms. The maximum Gasteiger partial charge on any atom is 0.161 e. The van der Waals surface area contributed by atoms with Crippen LogP contribution in [0.3, 0.4) is 0 Å². The van der Waals surface area contributed by atoms with Gasteiger partial charge in [0.2, 0.25) is 0 Å². The molecule has 5 heteroatoms. The van der Waals surface area contributed by atoms with Crippen molar-refractivity contribution in [3.8, 4) is 17.6 Å². The normalized spacial score (nSPS) is 10.7. The quantitative estimate of drug-likeness (QED) is 0.649. The molecule has 0 bridgehead atoms.